The van der Waals surface area contributed by atoms with Crippen molar-refractivity contribution in [1.29, 1.82) is 0 Å². The molecule has 0 heterocycles. The van der Waals surface area contributed by atoms with Gasteiger partial charge in [-0.05, 0) is 49.9 Å². The van der Waals surface area contributed by atoms with Gasteiger partial charge in [0.2, 0.25) is 0 Å². The summed E-state index contributed by atoms with van der Waals surface area (Å²) in [7, 11) is 0. The van der Waals surface area contributed by atoms with E-state index < -0.39 is 0 Å². The predicted octanol–water partition coefficient (Wildman–Crippen LogP) is 3.26. The van der Waals surface area contributed by atoms with Crippen LogP contribution >= 0.6 is 0 Å². The Kier molecular flexibility index (Phi) is 5.16. The Balaban J connectivity index is 1.83. The Bertz CT molecular complexity index is 407. The van der Waals surface area contributed by atoms with Gasteiger partial charge in [0.1, 0.15) is 0 Å². The summed E-state index contributed by atoms with van der Waals surface area (Å²) in [6.07, 6.45) is 2.48. The highest BCUT2D eigenvalue weighted by molar-refractivity contribution is 5.30. The summed E-state index contributed by atoms with van der Waals surface area (Å²) in [6.45, 7) is 5.74. The van der Waals surface area contributed by atoms with E-state index in [4.69, 9.17) is 9.47 Å². The largest absolute Gasteiger partial charge is 0.464 e. The van der Waals surface area contributed by atoms with Gasteiger partial charge in [0.05, 0.1) is 6.61 Å². The van der Waals surface area contributed by atoms with Crippen molar-refractivity contribution in [3.63, 3.8) is 0 Å². The van der Waals surface area contributed by atoms with E-state index in [1.165, 1.54) is 18.9 Å². The van der Waals surface area contributed by atoms with Gasteiger partial charge in [-0.2, -0.15) is 0 Å². The summed E-state index contributed by atoms with van der Waals surface area (Å²) < 4.78 is 24.5. The maximum atomic E-state index is 13.8. The third kappa shape index (κ3) is 4.48. The average molecular weight is 267 g/mol. The molecule has 106 valence electrons. The fourth-order valence-corrected chi connectivity index (χ4v) is 1.93. The first-order valence-corrected chi connectivity index (χ1v) is 6.94. The first kappa shape index (κ1) is 14.3. The van der Waals surface area contributed by atoms with Crippen molar-refractivity contribution in [2.45, 2.75) is 32.7 Å². The number of hydrogen-bond donors (Lipinski definition) is 1. The first-order valence-electron chi connectivity index (χ1n) is 6.94. The number of ether oxygens (including phenoxy) is 2. The normalized spacial score (nSPS) is 16.4. The minimum Gasteiger partial charge on any atom is -0.464 e. The van der Waals surface area contributed by atoms with E-state index in [2.05, 4.69) is 5.32 Å². The maximum Gasteiger partial charge on any atom is 0.189 e. The zero-order chi connectivity index (χ0) is 13.7. The Morgan fingerprint density at radius 3 is 2.84 bits per heavy atom. The molecule has 19 heavy (non-hydrogen) atoms. The van der Waals surface area contributed by atoms with Crippen LogP contribution in [0.15, 0.2) is 18.2 Å². The van der Waals surface area contributed by atoms with E-state index in [0.29, 0.717) is 5.92 Å². The second kappa shape index (κ2) is 6.87. The topological polar surface area (TPSA) is 30.5 Å². The molecule has 1 aromatic carbocycles. The molecule has 0 bridgehead atoms. The number of nitrogens with one attached hydrogen (secondary N) is 1. The van der Waals surface area contributed by atoms with Gasteiger partial charge in [-0.3, -0.25) is 0 Å². The van der Waals surface area contributed by atoms with E-state index in [-0.39, 0.29) is 24.4 Å². The van der Waals surface area contributed by atoms with Gasteiger partial charge in [-0.1, -0.05) is 13.0 Å². The minimum absolute atomic E-state index is 0.121. The molecule has 0 aromatic heterocycles. The van der Waals surface area contributed by atoms with Gasteiger partial charge in [0.25, 0.3) is 0 Å². The summed E-state index contributed by atoms with van der Waals surface area (Å²) in [5, 5.41) is 3.25. The van der Waals surface area contributed by atoms with E-state index in [9.17, 15) is 4.39 Å². The summed E-state index contributed by atoms with van der Waals surface area (Å²) in [4.78, 5) is 0. The van der Waals surface area contributed by atoms with Crippen LogP contribution in [0.4, 0.5) is 4.39 Å². The Morgan fingerprint density at radius 1 is 1.42 bits per heavy atom. The second-order valence-electron chi connectivity index (χ2n) is 5.05. The number of rotatable bonds is 8. The SMILES string of the molecule is CCNC(C)c1ccc(OCOCC2CC2)c(F)c1. The van der Waals surface area contributed by atoms with Crippen LogP contribution < -0.4 is 10.1 Å². The van der Waals surface area contributed by atoms with E-state index in [1.807, 2.05) is 19.9 Å². The molecular weight excluding hydrogens is 245 g/mol. The summed E-state index contributed by atoms with van der Waals surface area (Å²) >= 11 is 0. The summed E-state index contributed by atoms with van der Waals surface area (Å²) in [6, 6.07) is 5.20. The minimum atomic E-state index is -0.336. The van der Waals surface area contributed by atoms with Crippen LogP contribution in [0.1, 0.15) is 38.3 Å². The lowest BCUT2D eigenvalue weighted by Gasteiger charge is -2.14. The standard InChI is InChI=1S/C15H22FNO2/c1-3-17-11(2)13-6-7-15(14(16)8-13)19-10-18-9-12-4-5-12/h6-8,11-12,17H,3-5,9-10H2,1-2H3. The summed E-state index contributed by atoms with van der Waals surface area (Å²) in [5.41, 5.74) is 0.922. The van der Waals surface area contributed by atoms with Gasteiger partial charge in [-0.25, -0.2) is 4.39 Å². The lowest BCUT2D eigenvalue weighted by molar-refractivity contribution is 0.00791. The van der Waals surface area contributed by atoms with Crippen LogP contribution in [-0.4, -0.2) is 19.9 Å². The Labute approximate surface area is 114 Å². The van der Waals surface area contributed by atoms with Crippen molar-refractivity contribution in [2.75, 3.05) is 19.9 Å². The van der Waals surface area contributed by atoms with Gasteiger partial charge >= 0.3 is 0 Å². The van der Waals surface area contributed by atoms with Crippen molar-refractivity contribution in [1.82, 2.24) is 5.32 Å². The quantitative estimate of drug-likeness (QED) is 0.579. The molecule has 4 heteroatoms. The van der Waals surface area contributed by atoms with Crippen LogP contribution in [0, 0.1) is 11.7 Å². The molecule has 1 aromatic rings. The van der Waals surface area contributed by atoms with Gasteiger partial charge in [0.15, 0.2) is 18.4 Å². The number of halogens is 1. The van der Waals surface area contributed by atoms with Crippen molar-refractivity contribution in [3.05, 3.63) is 29.6 Å². The molecule has 3 nitrogen and oxygen atoms in total. The molecule has 1 N–H and O–H groups in total. The highest BCUT2D eigenvalue weighted by Crippen LogP contribution is 2.29. The molecule has 0 amide bonds. The van der Waals surface area contributed by atoms with Gasteiger partial charge in [0, 0.05) is 6.04 Å². The molecule has 1 saturated carbocycles. The van der Waals surface area contributed by atoms with E-state index in [0.717, 1.165) is 18.7 Å². The molecule has 1 unspecified atom stereocenters. The average Bonchev–Trinajstić information content (AvgIpc) is 3.20. The molecule has 2 rings (SSSR count). The molecule has 0 saturated heterocycles. The van der Waals surface area contributed by atoms with Gasteiger partial charge < -0.3 is 14.8 Å². The molecule has 0 spiro atoms. The zero-order valence-electron chi connectivity index (χ0n) is 11.6. The fourth-order valence-electron chi connectivity index (χ4n) is 1.93. The van der Waals surface area contributed by atoms with Crippen molar-refractivity contribution >= 4 is 0 Å². The number of hydrogen-bond acceptors (Lipinski definition) is 3. The third-order valence-corrected chi connectivity index (χ3v) is 3.31. The lowest BCUT2D eigenvalue weighted by atomic mass is 10.1. The van der Waals surface area contributed by atoms with Gasteiger partial charge in [-0.15, -0.1) is 0 Å². The Morgan fingerprint density at radius 2 is 2.21 bits per heavy atom. The molecule has 1 aliphatic carbocycles. The smallest absolute Gasteiger partial charge is 0.189 e. The van der Waals surface area contributed by atoms with E-state index in [1.54, 1.807) is 6.07 Å². The fraction of sp³-hybridized carbons (Fsp3) is 0.600. The number of benzene rings is 1. The molecule has 0 aliphatic heterocycles. The predicted molar refractivity (Wildman–Crippen MR) is 72.7 cm³/mol. The molecule has 0 radical (unpaired) electrons. The van der Waals surface area contributed by atoms with E-state index >= 15 is 0 Å². The Hall–Kier alpha value is -1.13. The van der Waals surface area contributed by atoms with Crippen LogP contribution in [-0.2, 0) is 4.74 Å². The maximum absolute atomic E-state index is 13.8. The van der Waals surface area contributed by atoms with Crippen LogP contribution in [0.2, 0.25) is 0 Å². The highest BCUT2D eigenvalue weighted by Gasteiger charge is 2.21. The van der Waals surface area contributed by atoms with Crippen LogP contribution in [0.25, 0.3) is 0 Å². The highest BCUT2D eigenvalue weighted by atomic mass is 19.1. The summed E-state index contributed by atoms with van der Waals surface area (Å²) in [5.74, 6) is 0.609. The monoisotopic (exact) mass is 267 g/mol. The van der Waals surface area contributed by atoms with Crippen LogP contribution in [0.5, 0.6) is 5.75 Å². The zero-order valence-corrected chi connectivity index (χ0v) is 11.6. The molecule has 1 fully saturated rings. The van der Waals surface area contributed by atoms with Crippen molar-refractivity contribution in [2.24, 2.45) is 5.92 Å². The molecular formula is C15H22FNO2. The third-order valence-electron chi connectivity index (χ3n) is 3.31. The van der Waals surface area contributed by atoms with Crippen LogP contribution in [0.3, 0.4) is 0 Å². The lowest BCUT2D eigenvalue weighted by Crippen LogP contribution is -2.17. The second-order valence-corrected chi connectivity index (χ2v) is 5.05. The van der Waals surface area contributed by atoms with Crippen molar-refractivity contribution in [3.8, 4) is 5.75 Å². The first-order chi connectivity index (χ1) is 9.20. The molecule has 1 atom stereocenters. The van der Waals surface area contributed by atoms with Crippen molar-refractivity contribution < 1.29 is 13.9 Å². The molecule has 1 aliphatic rings.